The Morgan fingerprint density at radius 1 is 1.19 bits per heavy atom. The van der Waals surface area contributed by atoms with Gasteiger partial charge in [0.2, 0.25) is 0 Å². The van der Waals surface area contributed by atoms with Crippen LogP contribution >= 0.6 is 11.3 Å². The van der Waals surface area contributed by atoms with Crippen molar-refractivity contribution in [2.45, 2.75) is 26.3 Å². The van der Waals surface area contributed by atoms with Crippen LogP contribution in [0.25, 0.3) is 0 Å². The standard InChI is InChI=1S/C17H21NO2S/c1-3-18-17(14-11-21-10-12(14)2)13-5-6-15-16(9-13)20-8-4-7-19-15/h5-6,9-11,17-18H,3-4,7-8H2,1-2H3. The van der Waals surface area contributed by atoms with Gasteiger partial charge in [-0.3, -0.25) is 0 Å². The fourth-order valence-corrected chi connectivity index (χ4v) is 3.51. The van der Waals surface area contributed by atoms with E-state index >= 15 is 0 Å². The molecule has 1 aliphatic heterocycles. The number of benzene rings is 1. The van der Waals surface area contributed by atoms with Gasteiger partial charge in [-0.15, -0.1) is 0 Å². The van der Waals surface area contributed by atoms with E-state index in [9.17, 15) is 0 Å². The normalized spacial score (nSPS) is 15.5. The zero-order valence-corrected chi connectivity index (χ0v) is 13.3. The molecule has 2 aromatic rings. The maximum absolute atomic E-state index is 5.81. The van der Waals surface area contributed by atoms with Gasteiger partial charge in [0.05, 0.1) is 19.3 Å². The summed E-state index contributed by atoms with van der Waals surface area (Å²) in [4.78, 5) is 0. The third kappa shape index (κ3) is 3.06. The molecule has 0 aliphatic carbocycles. The molecule has 1 unspecified atom stereocenters. The van der Waals surface area contributed by atoms with Crippen LogP contribution in [-0.4, -0.2) is 19.8 Å². The Hall–Kier alpha value is -1.52. The summed E-state index contributed by atoms with van der Waals surface area (Å²) in [5.41, 5.74) is 3.90. The second-order valence-electron chi connectivity index (χ2n) is 5.26. The molecule has 1 aliphatic rings. The molecule has 0 spiro atoms. The highest BCUT2D eigenvalue weighted by atomic mass is 32.1. The summed E-state index contributed by atoms with van der Waals surface area (Å²) in [5.74, 6) is 1.72. The predicted molar refractivity (Wildman–Crippen MR) is 86.6 cm³/mol. The van der Waals surface area contributed by atoms with E-state index in [1.54, 1.807) is 11.3 Å². The number of nitrogens with one attached hydrogen (secondary N) is 1. The Labute approximate surface area is 129 Å². The predicted octanol–water partition coefficient (Wildman–Crippen LogP) is 3.92. The topological polar surface area (TPSA) is 30.5 Å². The van der Waals surface area contributed by atoms with E-state index in [1.807, 2.05) is 6.07 Å². The van der Waals surface area contributed by atoms with Crippen molar-refractivity contribution in [2.75, 3.05) is 19.8 Å². The number of ether oxygens (including phenoxy) is 2. The molecule has 3 rings (SSSR count). The van der Waals surface area contributed by atoms with Crippen molar-refractivity contribution in [1.82, 2.24) is 5.32 Å². The third-order valence-electron chi connectivity index (χ3n) is 3.72. The molecule has 0 radical (unpaired) electrons. The fourth-order valence-electron chi connectivity index (χ4n) is 2.64. The SMILES string of the molecule is CCNC(c1ccc2c(c1)OCCCO2)c1cscc1C. The van der Waals surface area contributed by atoms with Crippen molar-refractivity contribution in [3.05, 3.63) is 45.6 Å². The maximum atomic E-state index is 5.81. The first-order valence-electron chi connectivity index (χ1n) is 7.45. The third-order valence-corrected chi connectivity index (χ3v) is 4.60. The Kier molecular flexibility index (Phi) is 4.46. The number of hydrogen-bond donors (Lipinski definition) is 1. The average Bonchev–Trinajstić information content (AvgIpc) is 2.78. The van der Waals surface area contributed by atoms with Gasteiger partial charge in [0.25, 0.3) is 0 Å². The summed E-state index contributed by atoms with van der Waals surface area (Å²) >= 11 is 1.75. The summed E-state index contributed by atoms with van der Waals surface area (Å²) in [6.45, 7) is 6.68. The van der Waals surface area contributed by atoms with Crippen LogP contribution in [0.1, 0.15) is 36.1 Å². The smallest absolute Gasteiger partial charge is 0.161 e. The summed E-state index contributed by atoms with van der Waals surface area (Å²) < 4.78 is 11.5. The molecule has 0 bridgehead atoms. The first-order valence-corrected chi connectivity index (χ1v) is 8.39. The summed E-state index contributed by atoms with van der Waals surface area (Å²) in [5, 5.41) is 8.00. The van der Waals surface area contributed by atoms with Crippen molar-refractivity contribution in [3.63, 3.8) is 0 Å². The van der Waals surface area contributed by atoms with Gasteiger partial charge in [-0.2, -0.15) is 11.3 Å². The number of thiophene rings is 1. The monoisotopic (exact) mass is 303 g/mol. The summed E-state index contributed by atoms with van der Waals surface area (Å²) in [6.07, 6.45) is 0.935. The van der Waals surface area contributed by atoms with Gasteiger partial charge in [-0.25, -0.2) is 0 Å². The minimum atomic E-state index is 0.207. The molecule has 112 valence electrons. The molecule has 0 saturated heterocycles. The lowest BCUT2D eigenvalue weighted by Gasteiger charge is -2.20. The molecule has 21 heavy (non-hydrogen) atoms. The Morgan fingerprint density at radius 2 is 2.00 bits per heavy atom. The number of aryl methyl sites for hydroxylation is 1. The van der Waals surface area contributed by atoms with Crippen LogP contribution < -0.4 is 14.8 Å². The summed E-state index contributed by atoms with van der Waals surface area (Å²) in [6, 6.07) is 6.49. The molecule has 1 aromatic carbocycles. The van der Waals surface area contributed by atoms with Gasteiger partial charge < -0.3 is 14.8 Å². The molecular weight excluding hydrogens is 282 g/mol. The number of fused-ring (bicyclic) bond motifs is 1. The first kappa shape index (κ1) is 14.4. The van der Waals surface area contributed by atoms with E-state index in [1.165, 1.54) is 16.7 Å². The molecular formula is C17H21NO2S. The van der Waals surface area contributed by atoms with Crippen molar-refractivity contribution in [3.8, 4) is 11.5 Å². The number of rotatable bonds is 4. The van der Waals surface area contributed by atoms with Crippen LogP contribution in [0.4, 0.5) is 0 Å². The second-order valence-corrected chi connectivity index (χ2v) is 6.00. The van der Waals surface area contributed by atoms with E-state index in [4.69, 9.17) is 9.47 Å². The van der Waals surface area contributed by atoms with Crippen molar-refractivity contribution < 1.29 is 9.47 Å². The van der Waals surface area contributed by atoms with Crippen LogP contribution in [0.3, 0.4) is 0 Å². The van der Waals surface area contributed by atoms with Gasteiger partial charge in [0.15, 0.2) is 11.5 Å². The minimum Gasteiger partial charge on any atom is -0.490 e. The van der Waals surface area contributed by atoms with E-state index in [2.05, 4.69) is 42.1 Å². The Bertz CT molecular complexity index is 609. The maximum Gasteiger partial charge on any atom is 0.161 e. The van der Waals surface area contributed by atoms with Gasteiger partial charge in [-0.05, 0) is 53.1 Å². The van der Waals surface area contributed by atoms with Crippen molar-refractivity contribution in [2.24, 2.45) is 0 Å². The minimum absolute atomic E-state index is 0.207. The van der Waals surface area contributed by atoms with E-state index in [0.29, 0.717) is 0 Å². The molecule has 1 atom stereocenters. The van der Waals surface area contributed by atoms with Crippen LogP contribution in [0.15, 0.2) is 29.0 Å². The molecule has 4 heteroatoms. The van der Waals surface area contributed by atoms with Crippen LogP contribution in [0.2, 0.25) is 0 Å². The average molecular weight is 303 g/mol. The van der Waals surface area contributed by atoms with Gasteiger partial charge in [0.1, 0.15) is 0 Å². The quantitative estimate of drug-likeness (QED) is 0.928. The van der Waals surface area contributed by atoms with E-state index in [-0.39, 0.29) is 6.04 Å². The van der Waals surface area contributed by atoms with Crippen molar-refractivity contribution >= 4 is 11.3 Å². The van der Waals surface area contributed by atoms with E-state index in [0.717, 1.165) is 37.7 Å². The molecule has 2 heterocycles. The zero-order valence-electron chi connectivity index (χ0n) is 12.5. The molecule has 0 saturated carbocycles. The molecule has 1 aromatic heterocycles. The first-order chi connectivity index (χ1) is 10.3. The zero-order chi connectivity index (χ0) is 14.7. The lowest BCUT2D eigenvalue weighted by molar-refractivity contribution is 0.297. The van der Waals surface area contributed by atoms with E-state index < -0.39 is 0 Å². The largest absolute Gasteiger partial charge is 0.490 e. The fraction of sp³-hybridized carbons (Fsp3) is 0.412. The summed E-state index contributed by atoms with van der Waals surface area (Å²) in [7, 11) is 0. The van der Waals surface area contributed by atoms with Crippen LogP contribution in [0.5, 0.6) is 11.5 Å². The Balaban J connectivity index is 1.96. The number of hydrogen-bond acceptors (Lipinski definition) is 4. The Morgan fingerprint density at radius 3 is 2.71 bits per heavy atom. The van der Waals surface area contributed by atoms with Crippen molar-refractivity contribution in [1.29, 1.82) is 0 Å². The van der Waals surface area contributed by atoms with Gasteiger partial charge in [-0.1, -0.05) is 13.0 Å². The second kappa shape index (κ2) is 6.50. The van der Waals surface area contributed by atoms with Crippen LogP contribution in [-0.2, 0) is 0 Å². The highest BCUT2D eigenvalue weighted by molar-refractivity contribution is 7.08. The molecule has 0 fully saturated rings. The lowest BCUT2D eigenvalue weighted by Crippen LogP contribution is -2.22. The van der Waals surface area contributed by atoms with Gasteiger partial charge in [0, 0.05) is 6.42 Å². The lowest BCUT2D eigenvalue weighted by atomic mass is 9.98. The molecule has 3 nitrogen and oxygen atoms in total. The highest BCUT2D eigenvalue weighted by Gasteiger charge is 2.19. The molecule has 1 N–H and O–H groups in total. The van der Waals surface area contributed by atoms with Crippen LogP contribution in [0, 0.1) is 6.92 Å². The van der Waals surface area contributed by atoms with Gasteiger partial charge >= 0.3 is 0 Å². The highest BCUT2D eigenvalue weighted by Crippen LogP contribution is 2.35. The molecule has 0 amide bonds.